The lowest BCUT2D eigenvalue weighted by atomic mass is 9.98. The lowest BCUT2D eigenvalue weighted by Crippen LogP contribution is -2.17. The van der Waals surface area contributed by atoms with Gasteiger partial charge in [0.2, 0.25) is 5.91 Å². The summed E-state index contributed by atoms with van der Waals surface area (Å²) in [5, 5.41) is 0. The summed E-state index contributed by atoms with van der Waals surface area (Å²) in [6.07, 6.45) is 1.00. The van der Waals surface area contributed by atoms with Crippen molar-refractivity contribution in [1.82, 2.24) is 0 Å². The summed E-state index contributed by atoms with van der Waals surface area (Å²) in [7, 11) is 0. The van der Waals surface area contributed by atoms with E-state index in [1.165, 1.54) is 0 Å². The molecule has 1 aromatic rings. The molecular formula is C24H33F6NO2. The number of benzene rings is 1. The van der Waals surface area contributed by atoms with Gasteiger partial charge in [0.25, 0.3) is 0 Å². The Balaban J connectivity index is 2.21. The number of unbranched alkanes of at least 4 members (excludes halogenated alkanes) is 10. The molecule has 0 radical (unpaired) electrons. The topological polar surface area (TPSA) is 60.2 Å². The molecule has 9 heteroatoms. The number of carbonyl (C=O) groups excluding carboxylic acids is 2. The number of Topliss-reactive ketones (excluding diaryl/α,β-unsaturated/α-hetero) is 1. The van der Waals surface area contributed by atoms with Gasteiger partial charge in [-0.1, -0.05) is 63.9 Å². The van der Waals surface area contributed by atoms with Gasteiger partial charge in [0.1, 0.15) is 5.78 Å². The molecule has 1 rings (SSSR count). The third-order valence-electron chi connectivity index (χ3n) is 5.47. The fourth-order valence-corrected chi connectivity index (χ4v) is 3.71. The summed E-state index contributed by atoms with van der Waals surface area (Å²) in [6, 6.07) is 1.76. The van der Waals surface area contributed by atoms with E-state index in [0.717, 1.165) is 70.3 Å². The van der Waals surface area contributed by atoms with Crippen LogP contribution in [0.1, 0.15) is 100 Å². The fraction of sp³-hybridized carbons (Fsp3) is 0.667. The molecule has 2 N–H and O–H groups in total. The molecule has 0 heterocycles. The van der Waals surface area contributed by atoms with Crippen molar-refractivity contribution in [2.75, 3.05) is 0 Å². The summed E-state index contributed by atoms with van der Waals surface area (Å²) in [5.74, 6) is -0.536. The van der Waals surface area contributed by atoms with Crippen LogP contribution >= 0.6 is 0 Å². The van der Waals surface area contributed by atoms with Gasteiger partial charge in [0.05, 0.1) is 11.1 Å². The van der Waals surface area contributed by atoms with E-state index in [2.05, 4.69) is 0 Å². The van der Waals surface area contributed by atoms with Gasteiger partial charge < -0.3 is 5.73 Å². The molecule has 0 aliphatic carbocycles. The predicted octanol–water partition coefficient (Wildman–Crippen LogP) is 7.39. The van der Waals surface area contributed by atoms with Gasteiger partial charge in [-0.2, -0.15) is 26.3 Å². The predicted molar refractivity (Wildman–Crippen MR) is 114 cm³/mol. The highest BCUT2D eigenvalue weighted by Gasteiger charge is 2.43. The quantitative estimate of drug-likeness (QED) is 0.198. The number of hydrogen-bond donors (Lipinski definition) is 1. The first-order chi connectivity index (χ1) is 15.4. The maximum atomic E-state index is 13.0. The molecule has 0 aromatic heterocycles. The zero-order chi connectivity index (χ0) is 24.9. The summed E-state index contributed by atoms with van der Waals surface area (Å²) in [5.41, 5.74) is 1.52. The number of ketones is 1. The van der Waals surface area contributed by atoms with Crippen molar-refractivity contribution in [1.29, 1.82) is 0 Å². The van der Waals surface area contributed by atoms with Gasteiger partial charge in [0, 0.05) is 19.3 Å². The van der Waals surface area contributed by atoms with Gasteiger partial charge in [-0.3, -0.25) is 9.59 Å². The average molecular weight is 482 g/mol. The van der Waals surface area contributed by atoms with E-state index < -0.39 is 23.5 Å². The third kappa shape index (κ3) is 12.7. The smallest absolute Gasteiger partial charge is 0.370 e. The van der Waals surface area contributed by atoms with Gasteiger partial charge in [-0.05, 0) is 30.5 Å². The molecule has 0 unspecified atom stereocenters. The molecule has 1 amide bonds. The summed E-state index contributed by atoms with van der Waals surface area (Å²) < 4.78 is 77.4. The van der Waals surface area contributed by atoms with Gasteiger partial charge >= 0.3 is 12.4 Å². The van der Waals surface area contributed by atoms with Crippen LogP contribution in [-0.4, -0.2) is 11.7 Å². The van der Waals surface area contributed by atoms with Crippen molar-refractivity contribution < 1.29 is 35.9 Å². The number of hydrogen-bond acceptors (Lipinski definition) is 2. The van der Waals surface area contributed by atoms with Crippen molar-refractivity contribution in [2.45, 2.75) is 102 Å². The Hall–Kier alpha value is -2.06. The lowest BCUT2D eigenvalue weighted by molar-refractivity contribution is -0.162. The molecule has 188 valence electrons. The Morgan fingerprint density at radius 3 is 1.48 bits per heavy atom. The molecule has 3 nitrogen and oxygen atoms in total. The van der Waals surface area contributed by atoms with Crippen LogP contribution in [0, 0.1) is 0 Å². The first-order valence-corrected chi connectivity index (χ1v) is 11.5. The Morgan fingerprint density at radius 2 is 1.06 bits per heavy atom. The van der Waals surface area contributed by atoms with Crippen LogP contribution in [0.3, 0.4) is 0 Å². The highest BCUT2D eigenvalue weighted by atomic mass is 19.4. The highest BCUT2D eigenvalue weighted by Crippen LogP contribution is 2.40. The highest BCUT2D eigenvalue weighted by molar-refractivity contribution is 5.80. The van der Waals surface area contributed by atoms with Crippen LogP contribution in [-0.2, 0) is 28.4 Å². The van der Waals surface area contributed by atoms with Crippen molar-refractivity contribution in [3.63, 3.8) is 0 Å². The summed E-state index contributed by atoms with van der Waals surface area (Å²) in [4.78, 5) is 22.7. The van der Waals surface area contributed by atoms with Crippen LogP contribution < -0.4 is 5.73 Å². The SMILES string of the molecule is NC(=O)CCCCCCCCCCCCCC(=O)Cc1ccc(C(F)(F)F)c(C(F)(F)F)c1. The van der Waals surface area contributed by atoms with Crippen LogP contribution in [0.15, 0.2) is 18.2 Å². The van der Waals surface area contributed by atoms with Crippen molar-refractivity contribution in [3.8, 4) is 0 Å². The number of nitrogens with two attached hydrogens (primary N) is 1. The molecule has 0 spiro atoms. The Bertz CT molecular complexity index is 743. The van der Waals surface area contributed by atoms with Gasteiger partial charge in [-0.15, -0.1) is 0 Å². The Labute approximate surface area is 191 Å². The van der Waals surface area contributed by atoms with Crippen molar-refractivity contribution in [3.05, 3.63) is 34.9 Å². The molecule has 33 heavy (non-hydrogen) atoms. The van der Waals surface area contributed by atoms with Crippen molar-refractivity contribution >= 4 is 11.7 Å². The minimum Gasteiger partial charge on any atom is -0.370 e. The van der Waals surface area contributed by atoms with Crippen LogP contribution in [0.25, 0.3) is 0 Å². The molecule has 1 aromatic carbocycles. The molecule has 0 atom stereocenters. The zero-order valence-corrected chi connectivity index (χ0v) is 18.8. The van der Waals surface area contributed by atoms with E-state index in [4.69, 9.17) is 5.73 Å². The number of amides is 1. The minimum atomic E-state index is -5.14. The maximum Gasteiger partial charge on any atom is 0.417 e. The number of primary amides is 1. The van der Waals surface area contributed by atoms with E-state index in [0.29, 0.717) is 25.0 Å². The molecular weight excluding hydrogens is 448 g/mol. The average Bonchev–Trinajstić information content (AvgIpc) is 2.69. The number of rotatable bonds is 16. The van der Waals surface area contributed by atoms with Crippen molar-refractivity contribution in [2.24, 2.45) is 5.73 Å². The van der Waals surface area contributed by atoms with E-state index in [1.807, 2.05) is 0 Å². The van der Waals surface area contributed by atoms with E-state index in [1.54, 1.807) is 0 Å². The second-order valence-corrected chi connectivity index (χ2v) is 8.45. The fourth-order valence-electron chi connectivity index (χ4n) is 3.71. The number of alkyl halides is 6. The largest absolute Gasteiger partial charge is 0.417 e. The van der Waals surface area contributed by atoms with Crippen LogP contribution in [0.2, 0.25) is 0 Å². The van der Waals surface area contributed by atoms with Gasteiger partial charge in [-0.25, -0.2) is 0 Å². The first kappa shape index (κ1) is 29.0. The Kier molecular flexibility index (Phi) is 12.5. The van der Waals surface area contributed by atoms with E-state index >= 15 is 0 Å². The second kappa shape index (κ2) is 14.3. The van der Waals surface area contributed by atoms with E-state index in [-0.39, 0.29) is 30.1 Å². The standard InChI is InChI=1S/C24H33F6NO2/c25-23(26,27)20-15-14-18(17-21(20)24(28,29)30)16-19(32)12-10-8-6-4-2-1-3-5-7-9-11-13-22(31)33/h14-15,17H,1-13,16H2,(H2,31,33). The summed E-state index contributed by atoms with van der Waals surface area (Å²) in [6.45, 7) is 0. The molecule has 0 fully saturated rings. The Morgan fingerprint density at radius 1 is 0.636 bits per heavy atom. The molecule has 0 aliphatic rings. The van der Waals surface area contributed by atoms with E-state index in [9.17, 15) is 35.9 Å². The number of halogens is 6. The second-order valence-electron chi connectivity index (χ2n) is 8.45. The zero-order valence-electron chi connectivity index (χ0n) is 18.8. The lowest BCUT2D eigenvalue weighted by Gasteiger charge is -2.16. The van der Waals surface area contributed by atoms with Crippen LogP contribution in [0.4, 0.5) is 26.3 Å². The normalized spacial score (nSPS) is 12.2. The first-order valence-electron chi connectivity index (χ1n) is 11.5. The summed E-state index contributed by atoms with van der Waals surface area (Å²) >= 11 is 0. The minimum absolute atomic E-state index is 0.0602. The number of carbonyl (C=O) groups is 2. The molecule has 0 bridgehead atoms. The maximum absolute atomic E-state index is 13.0. The molecule has 0 saturated carbocycles. The monoisotopic (exact) mass is 481 g/mol. The third-order valence-corrected chi connectivity index (χ3v) is 5.47. The van der Waals surface area contributed by atoms with Gasteiger partial charge in [0.15, 0.2) is 0 Å². The molecule has 0 aliphatic heterocycles. The van der Waals surface area contributed by atoms with Crippen LogP contribution in [0.5, 0.6) is 0 Å². The molecule has 0 saturated heterocycles.